The third-order valence-corrected chi connectivity index (χ3v) is 9.75. The van der Waals surface area contributed by atoms with E-state index in [0.29, 0.717) is 11.5 Å². The Morgan fingerprint density at radius 1 is 0.892 bits per heavy atom. The van der Waals surface area contributed by atoms with Crippen molar-refractivity contribution in [1.29, 1.82) is 5.26 Å². The second-order valence-electron chi connectivity index (χ2n) is 11.5. The highest BCUT2D eigenvalue weighted by Crippen LogP contribution is 2.41. The quantitative estimate of drug-likeness (QED) is 0.185. The zero-order valence-electron chi connectivity index (χ0n) is 23.2. The lowest BCUT2D eigenvalue weighted by Gasteiger charge is -2.24. The Kier molecular flexibility index (Phi) is 6.08. The Morgan fingerprint density at radius 3 is 2.22 bits per heavy atom. The van der Waals surface area contributed by atoms with E-state index in [4.69, 9.17) is 4.42 Å². The minimum atomic E-state index is -1.56. The van der Waals surface area contributed by atoms with Crippen molar-refractivity contribution < 1.29 is 8.98 Å². The van der Waals surface area contributed by atoms with Crippen molar-refractivity contribution in [2.45, 2.75) is 53.3 Å². The van der Waals surface area contributed by atoms with E-state index in [9.17, 15) is 5.26 Å². The molecule has 186 valence electrons. The summed E-state index contributed by atoms with van der Waals surface area (Å²) in [5, 5.41) is 13.4. The van der Waals surface area contributed by atoms with Crippen LogP contribution in [0, 0.1) is 25.2 Å². The summed E-state index contributed by atoms with van der Waals surface area (Å²) >= 11 is 0. The molecule has 0 spiro atoms. The van der Waals surface area contributed by atoms with E-state index in [0.717, 1.165) is 38.6 Å². The molecule has 5 rings (SSSR count). The van der Waals surface area contributed by atoms with Gasteiger partial charge in [0.2, 0.25) is 5.69 Å². The van der Waals surface area contributed by atoms with E-state index in [1.165, 1.54) is 22.5 Å². The maximum Gasteiger partial charge on any atom is 0.216 e. The highest BCUT2D eigenvalue weighted by atomic mass is 28.3. The zero-order chi connectivity index (χ0) is 26.6. The van der Waals surface area contributed by atoms with E-state index in [-0.39, 0.29) is 0 Å². The minimum absolute atomic E-state index is 0.429. The highest BCUT2D eigenvalue weighted by molar-refractivity contribution is 6.89. The molecule has 2 aromatic heterocycles. The van der Waals surface area contributed by atoms with Crippen LogP contribution in [0.2, 0.25) is 19.6 Å². The summed E-state index contributed by atoms with van der Waals surface area (Å²) in [6, 6.07) is 23.2. The van der Waals surface area contributed by atoms with Gasteiger partial charge in [-0.2, -0.15) is 9.83 Å². The molecular formula is C33H35N2OSi+. The highest BCUT2D eigenvalue weighted by Gasteiger charge is 2.32. The second kappa shape index (κ2) is 9.01. The molecule has 0 saturated carbocycles. The van der Waals surface area contributed by atoms with Gasteiger partial charge < -0.3 is 4.42 Å². The first kappa shape index (κ1) is 25.0. The minimum Gasteiger partial charge on any atom is -0.454 e. The Balaban J connectivity index is 1.91. The molecule has 3 nitrogen and oxygen atoms in total. The molecule has 5 aromatic rings. The lowest BCUT2D eigenvalue weighted by Crippen LogP contribution is -2.51. The molecule has 37 heavy (non-hydrogen) atoms. The number of furan rings is 1. The van der Waals surface area contributed by atoms with Crippen molar-refractivity contribution >= 4 is 35.2 Å². The number of rotatable bonds is 4. The second-order valence-corrected chi connectivity index (χ2v) is 16.5. The van der Waals surface area contributed by atoms with Gasteiger partial charge in [-0.05, 0) is 41.7 Å². The van der Waals surface area contributed by atoms with Crippen LogP contribution in [-0.2, 0) is 7.05 Å². The fourth-order valence-electron chi connectivity index (χ4n) is 5.80. The fraction of sp³-hybridized carbons (Fsp3) is 0.273. The first-order chi connectivity index (χ1) is 17.5. The molecule has 0 radical (unpaired) electrons. The molecule has 3 aromatic carbocycles. The van der Waals surface area contributed by atoms with Crippen molar-refractivity contribution in [1.82, 2.24) is 0 Å². The fourth-order valence-corrected chi connectivity index (χ4v) is 8.28. The molecule has 0 unspecified atom stereocenters. The van der Waals surface area contributed by atoms with Crippen molar-refractivity contribution in [3.8, 4) is 28.5 Å². The maximum absolute atomic E-state index is 9.82. The molecule has 0 fully saturated rings. The number of aryl methyl sites for hydroxylation is 1. The van der Waals surface area contributed by atoms with Crippen molar-refractivity contribution in [2.75, 3.05) is 0 Å². The molecule has 4 heteroatoms. The molecule has 0 aliphatic carbocycles. The topological polar surface area (TPSA) is 40.8 Å². The number of pyridine rings is 1. The summed E-state index contributed by atoms with van der Waals surface area (Å²) in [6.45, 7) is 16.3. The zero-order valence-corrected chi connectivity index (χ0v) is 24.2. The van der Waals surface area contributed by atoms with E-state index in [1.807, 2.05) is 30.3 Å². The van der Waals surface area contributed by atoms with Gasteiger partial charge in [0.15, 0.2) is 5.69 Å². The smallest absolute Gasteiger partial charge is 0.216 e. The Bertz CT molecular complexity index is 1710. The lowest BCUT2D eigenvalue weighted by molar-refractivity contribution is -0.665. The van der Waals surface area contributed by atoms with Gasteiger partial charge in [-0.3, -0.25) is 0 Å². The molecule has 0 N–H and O–H groups in total. The Morgan fingerprint density at radius 2 is 1.59 bits per heavy atom. The summed E-state index contributed by atoms with van der Waals surface area (Å²) in [7, 11) is 0.619. The predicted octanol–water partition coefficient (Wildman–Crippen LogP) is 7.90. The molecule has 0 aliphatic heterocycles. The molecule has 0 bridgehead atoms. The molecule has 0 aliphatic rings. The van der Waals surface area contributed by atoms with Crippen LogP contribution < -0.4 is 9.75 Å². The largest absolute Gasteiger partial charge is 0.454 e. The number of hydrogen-bond donors (Lipinski definition) is 0. The van der Waals surface area contributed by atoms with E-state index in [1.54, 1.807) is 5.19 Å². The average molecular weight is 504 g/mol. The number of benzene rings is 3. The number of nitriles is 1. The Hall–Kier alpha value is -3.68. The average Bonchev–Trinajstić information content (AvgIpc) is 3.23. The van der Waals surface area contributed by atoms with Crippen LogP contribution in [0.3, 0.4) is 0 Å². The monoisotopic (exact) mass is 503 g/mol. The van der Waals surface area contributed by atoms with E-state index >= 15 is 0 Å². The van der Waals surface area contributed by atoms with Gasteiger partial charge in [-0.25, -0.2) is 0 Å². The van der Waals surface area contributed by atoms with E-state index in [2.05, 4.69) is 95.4 Å². The summed E-state index contributed by atoms with van der Waals surface area (Å²) in [5.74, 6) is 0.429. The van der Waals surface area contributed by atoms with Gasteiger partial charge in [-0.1, -0.05) is 76.0 Å². The van der Waals surface area contributed by atoms with Crippen molar-refractivity contribution in [2.24, 2.45) is 7.05 Å². The van der Waals surface area contributed by atoms with Crippen LogP contribution in [0.15, 0.2) is 65.1 Å². The Labute approximate surface area is 221 Å². The number of aromatic nitrogens is 1. The van der Waals surface area contributed by atoms with Crippen LogP contribution in [0.5, 0.6) is 0 Å². The van der Waals surface area contributed by atoms with Crippen LogP contribution in [0.25, 0.3) is 44.3 Å². The number of fused-ring (bicyclic) bond motifs is 3. The summed E-state index contributed by atoms with van der Waals surface area (Å²) in [5.41, 5.74) is 10.6. The molecular weight excluding hydrogens is 468 g/mol. The van der Waals surface area contributed by atoms with Gasteiger partial charge in [0.05, 0.1) is 25.3 Å². The first-order valence-corrected chi connectivity index (χ1v) is 16.5. The standard InChI is InChI=1S/C33H35N2OSi/c1-20(2)26-18-29(35(5)22(4)33(26)37(6,7)8)30-21(3)14-15-25-28-17-23(19-34)16-27(31(28)36-32(25)30)24-12-10-9-11-13-24/h9-18,20H,1-8H3/q+1. The van der Waals surface area contributed by atoms with Gasteiger partial charge >= 0.3 is 0 Å². The third-order valence-electron chi connectivity index (χ3n) is 7.60. The molecule has 0 amide bonds. The number of nitrogens with zero attached hydrogens (tertiary/aromatic N) is 2. The van der Waals surface area contributed by atoms with Crippen LogP contribution in [0.4, 0.5) is 0 Å². The summed E-state index contributed by atoms with van der Waals surface area (Å²) < 4.78 is 9.14. The van der Waals surface area contributed by atoms with Crippen LogP contribution in [0.1, 0.15) is 42.1 Å². The molecule has 0 saturated heterocycles. The van der Waals surface area contributed by atoms with E-state index < -0.39 is 8.07 Å². The van der Waals surface area contributed by atoms with Crippen molar-refractivity contribution in [3.05, 3.63) is 83.0 Å². The predicted molar refractivity (Wildman–Crippen MR) is 157 cm³/mol. The van der Waals surface area contributed by atoms with Gasteiger partial charge in [0.25, 0.3) is 0 Å². The SMILES string of the molecule is Cc1ccc2c(oc3c(-c4ccccc4)cc(C#N)cc32)c1-c1cc(C(C)C)c([Si](C)(C)C)c(C)[n+]1C. The van der Waals surface area contributed by atoms with Crippen LogP contribution in [-0.4, -0.2) is 8.07 Å². The van der Waals surface area contributed by atoms with Crippen LogP contribution >= 0.6 is 0 Å². The van der Waals surface area contributed by atoms with Gasteiger partial charge in [0, 0.05) is 34.5 Å². The summed E-state index contributed by atoms with van der Waals surface area (Å²) in [6.07, 6.45) is 0. The number of hydrogen-bond acceptors (Lipinski definition) is 2. The summed E-state index contributed by atoms with van der Waals surface area (Å²) in [4.78, 5) is 0. The molecule has 0 atom stereocenters. The maximum atomic E-state index is 9.82. The van der Waals surface area contributed by atoms with Gasteiger partial charge in [-0.15, -0.1) is 0 Å². The normalized spacial score (nSPS) is 12.0. The lowest BCUT2D eigenvalue weighted by atomic mass is 9.95. The third kappa shape index (κ3) is 4.08. The van der Waals surface area contributed by atoms with Crippen molar-refractivity contribution in [3.63, 3.8) is 0 Å². The first-order valence-electron chi connectivity index (χ1n) is 13.0. The van der Waals surface area contributed by atoms with Gasteiger partial charge in [0.1, 0.15) is 18.2 Å². The molecule has 2 heterocycles.